The van der Waals surface area contributed by atoms with Crippen molar-refractivity contribution in [1.29, 1.82) is 0 Å². The van der Waals surface area contributed by atoms with Crippen LogP contribution in [0.1, 0.15) is 0 Å². The average molecular weight is 441 g/mol. The third-order valence-corrected chi connectivity index (χ3v) is 5.76. The minimum absolute atomic E-state index is 0.107. The molecule has 0 saturated carbocycles. The van der Waals surface area contributed by atoms with Crippen molar-refractivity contribution in [3.05, 3.63) is 50.4 Å². The van der Waals surface area contributed by atoms with Crippen LogP contribution < -0.4 is 10.5 Å². The second-order valence-corrected chi connectivity index (χ2v) is 7.72. The lowest BCUT2D eigenvalue weighted by atomic mass is 10.3. The SMILES string of the molecule is Nc1cc(NS(=O)(=O)c2ccc(Cl)c(Br)c2)ccc1Br. The number of sulfonamides is 1. The zero-order chi connectivity index (χ0) is 14.9. The van der Waals surface area contributed by atoms with Gasteiger partial charge in [0.15, 0.2) is 0 Å². The van der Waals surface area contributed by atoms with Gasteiger partial charge in [0.25, 0.3) is 10.0 Å². The molecule has 2 rings (SSSR count). The number of benzene rings is 2. The Hall–Kier alpha value is -0.760. The maximum absolute atomic E-state index is 12.2. The molecule has 106 valence electrons. The summed E-state index contributed by atoms with van der Waals surface area (Å²) in [6.45, 7) is 0. The first-order chi connectivity index (χ1) is 9.29. The van der Waals surface area contributed by atoms with Crippen LogP contribution in [-0.2, 0) is 10.0 Å². The van der Waals surface area contributed by atoms with Gasteiger partial charge in [-0.2, -0.15) is 0 Å². The molecule has 0 saturated heterocycles. The molecule has 0 radical (unpaired) electrons. The van der Waals surface area contributed by atoms with Gasteiger partial charge >= 0.3 is 0 Å². The highest BCUT2D eigenvalue weighted by Crippen LogP contribution is 2.28. The van der Waals surface area contributed by atoms with Gasteiger partial charge in [0, 0.05) is 14.6 Å². The maximum Gasteiger partial charge on any atom is 0.261 e. The van der Waals surface area contributed by atoms with E-state index in [0.29, 0.717) is 25.3 Å². The molecule has 0 atom stereocenters. The number of nitrogen functional groups attached to an aromatic ring is 1. The number of hydrogen-bond donors (Lipinski definition) is 2. The van der Waals surface area contributed by atoms with E-state index in [1.165, 1.54) is 24.3 Å². The van der Waals surface area contributed by atoms with Crippen LogP contribution in [0.3, 0.4) is 0 Å². The zero-order valence-electron chi connectivity index (χ0n) is 9.90. The monoisotopic (exact) mass is 438 g/mol. The van der Waals surface area contributed by atoms with Gasteiger partial charge in [0.05, 0.1) is 15.6 Å². The second kappa shape index (κ2) is 5.93. The van der Waals surface area contributed by atoms with E-state index in [1.807, 2.05) is 0 Å². The van der Waals surface area contributed by atoms with Gasteiger partial charge in [-0.25, -0.2) is 8.42 Å². The highest BCUT2D eigenvalue weighted by molar-refractivity contribution is 9.11. The Labute approximate surface area is 138 Å². The minimum Gasteiger partial charge on any atom is -0.398 e. The molecule has 4 nitrogen and oxygen atoms in total. The van der Waals surface area contributed by atoms with Crippen molar-refractivity contribution in [1.82, 2.24) is 0 Å². The van der Waals surface area contributed by atoms with Gasteiger partial charge in [-0.1, -0.05) is 11.6 Å². The molecule has 0 amide bonds. The van der Waals surface area contributed by atoms with Crippen LogP contribution >= 0.6 is 43.5 Å². The Balaban J connectivity index is 2.35. The van der Waals surface area contributed by atoms with Crippen LogP contribution in [0.25, 0.3) is 0 Å². The third-order valence-electron chi connectivity index (χ3n) is 2.45. The number of nitrogens with two attached hydrogens (primary N) is 1. The summed E-state index contributed by atoms with van der Waals surface area (Å²) in [5.74, 6) is 0. The van der Waals surface area contributed by atoms with Crippen LogP contribution in [0.15, 0.2) is 50.2 Å². The van der Waals surface area contributed by atoms with Gasteiger partial charge in [0.1, 0.15) is 0 Å². The van der Waals surface area contributed by atoms with Gasteiger partial charge in [-0.15, -0.1) is 0 Å². The first-order valence-electron chi connectivity index (χ1n) is 5.32. The molecule has 0 unspecified atom stereocenters. The van der Waals surface area contributed by atoms with Crippen LogP contribution in [-0.4, -0.2) is 8.42 Å². The highest BCUT2D eigenvalue weighted by Gasteiger charge is 2.15. The van der Waals surface area contributed by atoms with Crippen molar-refractivity contribution in [3.63, 3.8) is 0 Å². The summed E-state index contributed by atoms with van der Waals surface area (Å²) < 4.78 is 28.1. The Morgan fingerprint density at radius 2 is 1.75 bits per heavy atom. The number of nitrogens with one attached hydrogen (secondary N) is 1. The Morgan fingerprint density at radius 1 is 1.05 bits per heavy atom. The van der Waals surface area contributed by atoms with Gasteiger partial charge in [0.2, 0.25) is 0 Å². The van der Waals surface area contributed by atoms with Gasteiger partial charge in [-0.05, 0) is 68.3 Å². The summed E-state index contributed by atoms with van der Waals surface area (Å²) in [7, 11) is -3.69. The summed E-state index contributed by atoms with van der Waals surface area (Å²) in [5.41, 5.74) is 6.55. The molecule has 8 heteroatoms. The molecule has 0 aliphatic carbocycles. The van der Waals surface area contributed by atoms with Crippen molar-refractivity contribution in [2.45, 2.75) is 4.90 Å². The van der Waals surface area contributed by atoms with Crippen molar-refractivity contribution < 1.29 is 8.42 Å². The third kappa shape index (κ3) is 3.46. The van der Waals surface area contributed by atoms with E-state index in [9.17, 15) is 8.42 Å². The maximum atomic E-state index is 12.2. The highest BCUT2D eigenvalue weighted by atomic mass is 79.9. The molecular formula is C12H9Br2ClN2O2S. The fraction of sp³-hybridized carbons (Fsp3) is 0. The van der Waals surface area contributed by atoms with Crippen LogP contribution in [0.5, 0.6) is 0 Å². The fourth-order valence-corrected chi connectivity index (χ4v) is 3.44. The summed E-state index contributed by atoms with van der Waals surface area (Å²) in [6.07, 6.45) is 0. The van der Waals surface area contributed by atoms with Crippen LogP contribution in [0.2, 0.25) is 5.02 Å². The average Bonchev–Trinajstić information content (AvgIpc) is 2.37. The molecule has 2 aromatic rings. The molecule has 0 fully saturated rings. The summed E-state index contributed by atoms with van der Waals surface area (Å²) >= 11 is 12.3. The molecule has 3 N–H and O–H groups in total. The van der Waals surface area contributed by atoms with E-state index in [1.54, 1.807) is 12.1 Å². The fourth-order valence-electron chi connectivity index (χ4n) is 1.47. The van der Waals surface area contributed by atoms with Crippen molar-refractivity contribution in [2.24, 2.45) is 0 Å². The molecule has 0 bridgehead atoms. The lowest BCUT2D eigenvalue weighted by molar-refractivity contribution is 0.601. The number of rotatable bonds is 3. The lowest BCUT2D eigenvalue weighted by Gasteiger charge is -2.10. The number of anilines is 2. The zero-order valence-corrected chi connectivity index (χ0v) is 14.6. The van der Waals surface area contributed by atoms with E-state index < -0.39 is 10.0 Å². The molecule has 20 heavy (non-hydrogen) atoms. The molecule has 2 aromatic carbocycles. The summed E-state index contributed by atoms with van der Waals surface area (Å²) in [4.78, 5) is 0.107. The minimum atomic E-state index is -3.69. The van der Waals surface area contributed by atoms with Crippen LogP contribution in [0.4, 0.5) is 11.4 Å². The molecule has 0 spiro atoms. The first kappa shape index (κ1) is 15.6. The second-order valence-electron chi connectivity index (χ2n) is 3.92. The normalized spacial score (nSPS) is 11.3. The predicted octanol–water partition coefficient (Wildman–Crippen LogP) is 4.25. The number of halogens is 3. The first-order valence-corrected chi connectivity index (χ1v) is 8.77. The van der Waals surface area contributed by atoms with Crippen molar-refractivity contribution in [3.8, 4) is 0 Å². The van der Waals surface area contributed by atoms with Crippen molar-refractivity contribution in [2.75, 3.05) is 10.5 Å². The smallest absolute Gasteiger partial charge is 0.261 e. The molecule has 0 heterocycles. The summed E-state index contributed by atoms with van der Waals surface area (Å²) in [6, 6.07) is 9.20. The van der Waals surface area contributed by atoms with E-state index in [2.05, 4.69) is 36.6 Å². The molecule has 0 aliphatic rings. The van der Waals surface area contributed by atoms with Crippen molar-refractivity contribution >= 4 is 64.9 Å². The van der Waals surface area contributed by atoms with Gasteiger partial charge < -0.3 is 5.73 Å². The van der Waals surface area contributed by atoms with Gasteiger partial charge in [-0.3, -0.25) is 4.72 Å². The quantitative estimate of drug-likeness (QED) is 0.701. The van der Waals surface area contributed by atoms with Crippen LogP contribution in [0, 0.1) is 0 Å². The van der Waals surface area contributed by atoms with E-state index in [0.717, 1.165) is 0 Å². The predicted molar refractivity (Wildman–Crippen MR) is 88.5 cm³/mol. The standard InChI is InChI=1S/C12H9Br2ClN2O2S/c13-9-3-1-7(5-12(9)16)17-20(18,19)8-2-4-11(15)10(14)6-8/h1-6,17H,16H2. The Morgan fingerprint density at radius 3 is 2.35 bits per heavy atom. The largest absolute Gasteiger partial charge is 0.398 e. The Bertz CT molecular complexity index is 766. The number of hydrogen-bond acceptors (Lipinski definition) is 3. The van der Waals surface area contributed by atoms with E-state index >= 15 is 0 Å². The lowest BCUT2D eigenvalue weighted by Crippen LogP contribution is -2.13. The molecule has 0 aromatic heterocycles. The summed E-state index contributed by atoms with van der Waals surface area (Å²) in [5, 5.41) is 0.442. The molecular weight excluding hydrogens is 431 g/mol. The molecule has 0 aliphatic heterocycles. The van der Waals surface area contributed by atoms with E-state index in [4.69, 9.17) is 17.3 Å². The topological polar surface area (TPSA) is 72.2 Å². The van der Waals surface area contributed by atoms with E-state index in [-0.39, 0.29) is 4.90 Å². The Kier molecular flexibility index (Phi) is 4.63.